The van der Waals surface area contributed by atoms with Crippen molar-refractivity contribution in [1.29, 1.82) is 0 Å². The molecule has 5 nitrogen and oxygen atoms in total. The fourth-order valence-electron chi connectivity index (χ4n) is 4.37. The van der Waals surface area contributed by atoms with Crippen molar-refractivity contribution in [3.05, 3.63) is 58.1 Å². The first kappa shape index (κ1) is 18.4. The number of halogens is 1. The number of allylic oxidation sites excluding steroid dienone is 4. The molecule has 148 valence electrons. The Kier molecular flexibility index (Phi) is 5.01. The summed E-state index contributed by atoms with van der Waals surface area (Å²) in [5.74, 6) is 2.66. The summed E-state index contributed by atoms with van der Waals surface area (Å²) in [6.45, 7) is 0. The monoisotopic (exact) mass is 416 g/mol. The summed E-state index contributed by atoms with van der Waals surface area (Å²) in [6.07, 6.45) is 16.5. The van der Waals surface area contributed by atoms with E-state index in [9.17, 15) is 4.79 Å². The molecule has 2 heterocycles. The minimum atomic E-state index is -0.0978. The minimum absolute atomic E-state index is 0.0616. The molecule has 4 unspecified atom stereocenters. The Balaban J connectivity index is 1.28. The van der Waals surface area contributed by atoms with Gasteiger partial charge in [-0.25, -0.2) is 4.98 Å². The zero-order valence-electron chi connectivity index (χ0n) is 15.7. The summed E-state index contributed by atoms with van der Waals surface area (Å²) in [4.78, 5) is 17.3. The predicted octanol–water partition coefficient (Wildman–Crippen LogP) is 4.01. The molecule has 0 amide bonds. The van der Waals surface area contributed by atoms with Crippen molar-refractivity contribution >= 4 is 29.3 Å². The molecular weight excluding hydrogens is 392 g/mol. The summed E-state index contributed by atoms with van der Waals surface area (Å²) in [6, 6.07) is 1.65. The maximum atomic E-state index is 12.6. The topological polar surface area (TPSA) is 59.0 Å². The molecule has 5 rings (SSSR count). The molecule has 1 aromatic heterocycles. The van der Waals surface area contributed by atoms with Crippen molar-refractivity contribution in [2.75, 3.05) is 10.7 Å². The molecule has 0 radical (unpaired) electrons. The second-order valence-electron chi connectivity index (χ2n) is 8.01. The second kappa shape index (κ2) is 7.64. The van der Waals surface area contributed by atoms with Crippen LogP contribution in [-0.2, 0) is 5.75 Å². The average Bonchev–Trinajstić information content (AvgIpc) is 3.44. The van der Waals surface area contributed by atoms with Crippen LogP contribution in [0.2, 0.25) is 0 Å². The van der Waals surface area contributed by atoms with Crippen molar-refractivity contribution < 1.29 is 0 Å². The Bertz CT molecular complexity index is 904. The zero-order chi connectivity index (χ0) is 19.1. The van der Waals surface area contributed by atoms with Crippen molar-refractivity contribution in [3.8, 4) is 0 Å². The van der Waals surface area contributed by atoms with Gasteiger partial charge in [-0.15, -0.1) is 11.6 Å². The van der Waals surface area contributed by atoms with E-state index in [2.05, 4.69) is 41.1 Å². The number of hydrogen-bond acceptors (Lipinski definition) is 5. The largest absolute Gasteiger partial charge is 0.329 e. The van der Waals surface area contributed by atoms with E-state index < -0.39 is 0 Å². The lowest BCUT2D eigenvalue weighted by Gasteiger charge is -2.31. The molecule has 1 saturated carbocycles. The van der Waals surface area contributed by atoms with Crippen LogP contribution in [-0.4, -0.2) is 26.5 Å². The molecule has 1 aromatic rings. The van der Waals surface area contributed by atoms with E-state index in [-0.39, 0.29) is 17.1 Å². The van der Waals surface area contributed by atoms with Gasteiger partial charge in [-0.2, -0.15) is 16.4 Å². The Morgan fingerprint density at radius 2 is 2.18 bits per heavy atom. The fourth-order valence-corrected chi connectivity index (χ4v) is 6.33. The zero-order valence-corrected chi connectivity index (χ0v) is 17.3. The quantitative estimate of drug-likeness (QED) is 0.561. The molecule has 3 aliphatic carbocycles. The van der Waals surface area contributed by atoms with Gasteiger partial charge in [0.25, 0.3) is 5.56 Å². The van der Waals surface area contributed by atoms with Crippen molar-refractivity contribution in [2.24, 2.45) is 11.8 Å². The molecular formula is C21H25ClN4OS. The number of thioether (sulfide) groups is 1. The molecule has 0 spiro atoms. The summed E-state index contributed by atoms with van der Waals surface area (Å²) in [5.41, 5.74) is 5.14. The van der Waals surface area contributed by atoms with Gasteiger partial charge in [0, 0.05) is 17.1 Å². The van der Waals surface area contributed by atoms with Gasteiger partial charge in [0.2, 0.25) is 5.95 Å². The van der Waals surface area contributed by atoms with Gasteiger partial charge in [0.1, 0.15) is 6.17 Å². The van der Waals surface area contributed by atoms with Crippen molar-refractivity contribution in [2.45, 2.75) is 54.6 Å². The number of nitrogens with one attached hydrogen (secondary N) is 2. The van der Waals surface area contributed by atoms with Gasteiger partial charge >= 0.3 is 0 Å². The summed E-state index contributed by atoms with van der Waals surface area (Å²) < 4.78 is 1.52. The van der Waals surface area contributed by atoms with Crippen LogP contribution in [0.1, 0.15) is 37.8 Å². The molecule has 0 saturated heterocycles. The summed E-state index contributed by atoms with van der Waals surface area (Å²) >= 11 is 8.48. The molecule has 0 aromatic carbocycles. The standard InChI is InChI=1S/C21H25ClN4OS/c22-16-7-4-8-17(19(16)13-9-10-13)28-12-15-11-18(27)26-21(23-15)24-20(25-26)14-5-2-1-3-6-14/h2,4-7,11,13,16-17,19-20,25H,1,3,8-10,12H2,(H,23,24). The number of aromatic nitrogens is 2. The van der Waals surface area contributed by atoms with E-state index >= 15 is 0 Å². The molecule has 1 fully saturated rings. The first-order chi connectivity index (χ1) is 13.7. The summed E-state index contributed by atoms with van der Waals surface area (Å²) in [5, 5.41) is 4.00. The molecule has 4 aliphatic rings. The Morgan fingerprint density at radius 3 is 2.96 bits per heavy atom. The van der Waals surface area contributed by atoms with Crippen LogP contribution in [0.3, 0.4) is 0 Å². The van der Waals surface area contributed by atoms with E-state index in [4.69, 9.17) is 16.6 Å². The molecule has 7 heteroatoms. The van der Waals surface area contributed by atoms with Crippen molar-refractivity contribution in [1.82, 2.24) is 9.66 Å². The van der Waals surface area contributed by atoms with E-state index in [1.54, 1.807) is 6.07 Å². The van der Waals surface area contributed by atoms with Gasteiger partial charge < -0.3 is 5.32 Å². The highest BCUT2D eigenvalue weighted by Gasteiger charge is 2.41. The number of rotatable bonds is 5. The SMILES string of the molecule is O=c1cc(CSC2CC=CC(Cl)C2C2CC2)nc2n1NC(C1=CCCC=C1)N2. The van der Waals surface area contributed by atoms with Gasteiger partial charge in [0.15, 0.2) is 0 Å². The van der Waals surface area contributed by atoms with E-state index in [1.165, 1.54) is 17.5 Å². The molecule has 4 atom stereocenters. The van der Waals surface area contributed by atoms with E-state index in [1.807, 2.05) is 11.8 Å². The first-order valence-corrected chi connectivity index (χ1v) is 11.6. The van der Waals surface area contributed by atoms with Crippen LogP contribution in [0, 0.1) is 11.8 Å². The van der Waals surface area contributed by atoms with Crippen LogP contribution in [0.15, 0.2) is 46.8 Å². The number of fused-ring (bicyclic) bond motifs is 1. The van der Waals surface area contributed by atoms with Crippen molar-refractivity contribution in [3.63, 3.8) is 0 Å². The van der Waals surface area contributed by atoms with Crippen LogP contribution < -0.4 is 16.3 Å². The molecule has 1 aliphatic heterocycles. The normalized spacial score (nSPS) is 31.1. The Labute approximate surface area is 174 Å². The average molecular weight is 417 g/mol. The molecule has 0 bridgehead atoms. The molecule has 28 heavy (non-hydrogen) atoms. The number of alkyl halides is 1. The van der Waals surface area contributed by atoms with Gasteiger partial charge in [-0.05, 0) is 49.5 Å². The Morgan fingerprint density at radius 1 is 1.29 bits per heavy atom. The smallest absolute Gasteiger partial charge is 0.273 e. The number of anilines is 1. The summed E-state index contributed by atoms with van der Waals surface area (Å²) in [7, 11) is 0. The third-order valence-corrected chi connectivity index (χ3v) is 7.79. The van der Waals surface area contributed by atoms with Gasteiger partial charge in [-0.1, -0.05) is 30.4 Å². The number of hydrogen-bond donors (Lipinski definition) is 2. The lowest BCUT2D eigenvalue weighted by atomic mass is 9.89. The lowest BCUT2D eigenvalue weighted by Crippen LogP contribution is -2.32. The van der Waals surface area contributed by atoms with Crippen LogP contribution in [0.4, 0.5) is 5.95 Å². The first-order valence-electron chi connectivity index (χ1n) is 10.1. The lowest BCUT2D eigenvalue weighted by molar-refractivity contribution is 0.442. The van der Waals surface area contributed by atoms with E-state index in [0.29, 0.717) is 17.1 Å². The predicted molar refractivity (Wildman–Crippen MR) is 116 cm³/mol. The number of nitrogens with zero attached hydrogens (tertiary/aromatic N) is 2. The third kappa shape index (κ3) is 3.64. The highest BCUT2D eigenvalue weighted by atomic mass is 35.5. The van der Waals surface area contributed by atoms with Gasteiger partial charge in [-0.3, -0.25) is 10.2 Å². The van der Waals surface area contributed by atoms with Crippen LogP contribution >= 0.6 is 23.4 Å². The van der Waals surface area contributed by atoms with Crippen LogP contribution in [0.5, 0.6) is 0 Å². The van der Waals surface area contributed by atoms with Gasteiger partial charge in [0.05, 0.1) is 11.1 Å². The van der Waals surface area contributed by atoms with Crippen LogP contribution in [0.25, 0.3) is 0 Å². The maximum Gasteiger partial charge on any atom is 0.273 e. The van der Waals surface area contributed by atoms with E-state index in [0.717, 1.165) is 42.2 Å². The fraction of sp³-hybridized carbons (Fsp3) is 0.524. The minimum Gasteiger partial charge on any atom is -0.329 e. The maximum absolute atomic E-state index is 12.6. The second-order valence-corrected chi connectivity index (χ2v) is 9.74. The highest BCUT2D eigenvalue weighted by molar-refractivity contribution is 7.99. The molecule has 2 N–H and O–H groups in total. The highest BCUT2D eigenvalue weighted by Crippen LogP contribution is 2.48. The third-order valence-electron chi connectivity index (χ3n) is 5.96. The Hall–Kier alpha value is -1.66.